The van der Waals surface area contributed by atoms with Crippen LogP contribution in [-0.4, -0.2) is 35.8 Å². The maximum Gasteiger partial charge on any atom is 0.289 e. The van der Waals surface area contributed by atoms with Crippen molar-refractivity contribution >= 4 is 17.9 Å². The molecular formula is C19H20N2O3. The first-order valence-electron chi connectivity index (χ1n) is 8.09. The average Bonchev–Trinajstić information content (AvgIpc) is 3.16. The molecule has 0 atom stereocenters. The van der Waals surface area contributed by atoms with Gasteiger partial charge in [-0.1, -0.05) is 30.3 Å². The number of piperidine rings is 1. The molecule has 1 fully saturated rings. The van der Waals surface area contributed by atoms with E-state index in [0.29, 0.717) is 18.8 Å². The lowest BCUT2D eigenvalue weighted by Gasteiger charge is -2.31. The molecule has 2 aromatic rings. The second-order valence-electron chi connectivity index (χ2n) is 5.80. The number of nitrogens with one attached hydrogen (secondary N) is 1. The van der Waals surface area contributed by atoms with Gasteiger partial charge in [0, 0.05) is 25.2 Å². The number of rotatable bonds is 4. The highest BCUT2D eigenvalue weighted by Gasteiger charge is 2.25. The molecule has 0 aliphatic carbocycles. The molecule has 1 aliphatic rings. The number of benzene rings is 1. The van der Waals surface area contributed by atoms with Gasteiger partial charge < -0.3 is 14.6 Å². The maximum absolute atomic E-state index is 12.2. The number of hydrogen-bond acceptors (Lipinski definition) is 3. The van der Waals surface area contributed by atoms with Crippen LogP contribution >= 0.6 is 0 Å². The van der Waals surface area contributed by atoms with Gasteiger partial charge in [0.05, 0.1) is 6.26 Å². The lowest BCUT2D eigenvalue weighted by Crippen LogP contribution is -2.46. The Kier molecular flexibility index (Phi) is 5.11. The quantitative estimate of drug-likeness (QED) is 0.880. The molecule has 2 amide bonds. The summed E-state index contributed by atoms with van der Waals surface area (Å²) in [5, 5.41) is 3.00. The van der Waals surface area contributed by atoms with E-state index in [1.165, 1.54) is 6.26 Å². The summed E-state index contributed by atoms with van der Waals surface area (Å²) < 4.78 is 5.14. The summed E-state index contributed by atoms with van der Waals surface area (Å²) in [4.78, 5) is 25.9. The number of hydrogen-bond donors (Lipinski definition) is 1. The summed E-state index contributed by atoms with van der Waals surface area (Å²) in [6, 6.07) is 13.2. The van der Waals surface area contributed by atoms with E-state index < -0.39 is 0 Å². The lowest BCUT2D eigenvalue weighted by atomic mass is 10.0. The van der Waals surface area contributed by atoms with E-state index in [0.717, 1.165) is 18.4 Å². The van der Waals surface area contributed by atoms with Gasteiger partial charge in [0.15, 0.2) is 5.76 Å². The van der Waals surface area contributed by atoms with E-state index in [2.05, 4.69) is 5.32 Å². The first-order chi connectivity index (χ1) is 11.7. The van der Waals surface area contributed by atoms with Crippen molar-refractivity contribution in [2.24, 2.45) is 0 Å². The van der Waals surface area contributed by atoms with E-state index in [1.54, 1.807) is 29.2 Å². The van der Waals surface area contributed by atoms with Crippen molar-refractivity contribution < 1.29 is 14.0 Å². The van der Waals surface area contributed by atoms with Gasteiger partial charge in [-0.2, -0.15) is 0 Å². The summed E-state index contributed by atoms with van der Waals surface area (Å²) in [5.74, 6) is 0.173. The number of likely N-dealkylation sites (tertiary alicyclic amines) is 1. The Morgan fingerprint density at radius 3 is 2.50 bits per heavy atom. The summed E-state index contributed by atoms with van der Waals surface area (Å²) in [6.07, 6.45) is 6.34. The number of carbonyl (C=O) groups excluding carboxylic acids is 2. The fourth-order valence-electron chi connectivity index (χ4n) is 2.77. The van der Waals surface area contributed by atoms with Crippen LogP contribution in [0.4, 0.5) is 0 Å². The lowest BCUT2D eigenvalue weighted by molar-refractivity contribution is -0.117. The molecule has 1 N–H and O–H groups in total. The summed E-state index contributed by atoms with van der Waals surface area (Å²) in [6.45, 7) is 1.24. The molecule has 5 nitrogen and oxygen atoms in total. The number of carbonyl (C=O) groups is 2. The minimum atomic E-state index is -0.102. The third kappa shape index (κ3) is 4.13. The van der Waals surface area contributed by atoms with Gasteiger partial charge in [-0.3, -0.25) is 9.59 Å². The SMILES string of the molecule is O=C(/C=C/c1ccccc1)NC1CCN(C(=O)c2ccco2)CC1. The predicted molar refractivity (Wildman–Crippen MR) is 91.3 cm³/mol. The second-order valence-corrected chi connectivity index (χ2v) is 5.80. The zero-order chi connectivity index (χ0) is 16.8. The molecule has 0 radical (unpaired) electrons. The Morgan fingerprint density at radius 2 is 1.83 bits per heavy atom. The monoisotopic (exact) mass is 324 g/mol. The van der Waals surface area contributed by atoms with E-state index >= 15 is 0 Å². The van der Waals surface area contributed by atoms with Crippen molar-refractivity contribution in [1.82, 2.24) is 10.2 Å². The van der Waals surface area contributed by atoms with Crippen LogP contribution < -0.4 is 5.32 Å². The van der Waals surface area contributed by atoms with Crippen LogP contribution in [0.5, 0.6) is 0 Å². The molecule has 124 valence electrons. The van der Waals surface area contributed by atoms with Crippen LogP contribution in [0.25, 0.3) is 6.08 Å². The van der Waals surface area contributed by atoms with E-state index in [4.69, 9.17) is 4.42 Å². The number of nitrogens with zero attached hydrogens (tertiary/aromatic N) is 1. The molecular weight excluding hydrogens is 304 g/mol. The number of amides is 2. The average molecular weight is 324 g/mol. The molecule has 0 saturated carbocycles. The molecule has 3 rings (SSSR count). The van der Waals surface area contributed by atoms with Crippen LogP contribution in [-0.2, 0) is 4.79 Å². The largest absolute Gasteiger partial charge is 0.459 e. The highest BCUT2D eigenvalue weighted by molar-refractivity contribution is 5.92. The topological polar surface area (TPSA) is 62.6 Å². The Balaban J connectivity index is 1.46. The molecule has 1 aliphatic heterocycles. The minimum Gasteiger partial charge on any atom is -0.459 e. The maximum atomic E-state index is 12.2. The highest BCUT2D eigenvalue weighted by Crippen LogP contribution is 2.14. The molecule has 0 unspecified atom stereocenters. The van der Waals surface area contributed by atoms with Gasteiger partial charge in [0.2, 0.25) is 5.91 Å². The summed E-state index contributed by atoms with van der Waals surface area (Å²) in [5.41, 5.74) is 0.992. The smallest absolute Gasteiger partial charge is 0.289 e. The molecule has 1 aromatic carbocycles. The first-order valence-corrected chi connectivity index (χ1v) is 8.09. The van der Waals surface area contributed by atoms with Crippen LogP contribution in [0.2, 0.25) is 0 Å². The Hall–Kier alpha value is -2.82. The third-order valence-corrected chi connectivity index (χ3v) is 4.09. The normalized spacial score (nSPS) is 15.6. The van der Waals surface area contributed by atoms with Crippen LogP contribution in [0.1, 0.15) is 29.0 Å². The van der Waals surface area contributed by atoms with Crippen LogP contribution in [0, 0.1) is 0 Å². The Bertz CT molecular complexity index is 699. The standard InChI is InChI=1S/C19H20N2O3/c22-18(9-8-15-5-2-1-3-6-15)20-16-10-12-21(13-11-16)19(23)17-7-4-14-24-17/h1-9,14,16H,10-13H2,(H,20,22)/b9-8+. The van der Waals surface area contributed by atoms with Gasteiger partial charge in [0.1, 0.15) is 0 Å². The van der Waals surface area contributed by atoms with Gasteiger partial charge in [-0.05, 0) is 36.6 Å². The molecule has 2 heterocycles. The molecule has 5 heteroatoms. The van der Waals surface area contributed by atoms with Gasteiger partial charge in [-0.25, -0.2) is 0 Å². The Labute approximate surface area is 141 Å². The van der Waals surface area contributed by atoms with Crippen molar-refractivity contribution in [2.45, 2.75) is 18.9 Å². The number of furan rings is 1. The first kappa shape index (κ1) is 16.1. The second kappa shape index (κ2) is 7.64. The van der Waals surface area contributed by atoms with E-state index in [9.17, 15) is 9.59 Å². The fraction of sp³-hybridized carbons (Fsp3) is 0.263. The van der Waals surface area contributed by atoms with Gasteiger partial charge in [0.25, 0.3) is 5.91 Å². The van der Waals surface area contributed by atoms with Crippen molar-refractivity contribution in [2.75, 3.05) is 13.1 Å². The predicted octanol–water partition coefficient (Wildman–Crippen LogP) is 2.71. The van der Waals surface area contributed by atoms with Crippen LogP contribution in [0.15, 0.2) is 59.2 Å². The van der Waals surface area contributed by atoms with Crippen molar-refractivity contribution in [1.29, 1.82) is 0 Å². The third-order valence-electron chi connectivity index (χ3n) is 4.09. The van der Waals surface area contributed by atoms with Gasteiger partial charge >= 0.3 is 0 Å². The van der Waals surface area contributed by atoms with Gasteiger partial charge in [-0.15, -0.1) is 0 Å². The van der Waals surface area contributed by atoms with E-state index in [1.807, 2.05) is 30.3 Å². The fourth-order valence-corrected chi connectivity index (χ4v) is 2.77. The molecule has 24 heavy (non-hydrogen) atoms. The highest BCUT2D eigenvalue weighted by atomic mass is 16.3. The zero-order valence-corrected chi connectivity index (χ0v) is 13.4. The van der Waals surface area contributed by atoms with Crippen molar-refractivity contribution in [3.05, 3.63) is 66.1 Å². The summed E-state index contributed by atoms with van der Waals surface area (Å²) >= 11 is 0. The molecule has 1 saturated heterocycles. The molecule has 0 bridgehead atoms. The summed E-state index contributed by atoms with van der Waals surface area (Å²) in [7, 11) is 0. The molecule has 1 aromatic heterocycles. The van der Waals surface area contributed by atoms with E-state index in [-0.39, 0.29) is 17.9 Å². The zero-order valence-electron chi connectivity index (χ0n) is 13.4. The Morgan fingerprint density at radius 1 is 1.08 bits per heavy atom. The van der Waals surface area contributed by atoms with Crippen molar-refractivity contribution in [3.8, 4) is 0 Å². The van der Waals surface area contributed by atoms with Crippen molar-refractivity contribution in [3.63, 3.8) is 0 Å². The molecule has 0 spiro atoms. The minimum absolute atomic E-state index is 0.0891. The van der Waals surface area contributed by atoms with Crippen LogP contribution in [0.3, 0.4) is 0 Å².